The first-order chi connectivity index (χ1) is 8.59. The summed E-state index contributed by atoms with van der Waals surface area (Å²) in [5, 5.41) is 9.09. The highest BCUT2D eigenvalue weighted by Crippen LogP contribution is 2.20. The van der Waals surface area contributed by atoms with Crippen LogP contribution in [0.25, 0.3) is 0 Å². The zero-order chi connectivity index (χ0) is 13.1. The van der Waals surface area contributed by atoms with Gasteiger partial charge in [0.25, 0.3) is 0 Å². The fourth-order valence-electron chi connectivity index (χ4n) is 2.48. The van der Waals surface area contributed by atoms with Gasteiger partial charge < -0.3 is 9.67 Å². The third-order valence-corrected chi connectivity index (χ3v) is 3.56. The molecule has 0 spiro atoms. The van der Waals surface area contributed by atoms with E-state index < -0.39 is 5.97 Å². The van der Waals surface area contributed by atoms with Gasteiger partial charge in [-0.25, -0.2) is 4.79 Å². The van der Waals surface area contributed by atoms with Crippen molar-refractivity contribution in [2.24, 2.45) is 0 Å². The van der Waals surface area contributed by atoms with E-state index in [2.05, 4.69) is 22.8 Å². The average molecular weight is 245 g/mol. The number of carboxylic acids is 1. The Morgan fingerprint density at radius 3 is 2.78 bits per heavy atom. The van der Waals surface area contributed by atoms with Crippen LogP contribution in [-0.2, 0) is 6.54 Å². The Labute approximate surface area is 107 Å². The summed E-state index contributed by atoms with van der Waals surface area (Å²) in [5.41, 5.74) is 3.75. The van der Waals surface area contributed by atoms with Crippen molar-refractivity contribution in [3.05, 3.63) is 46.8 Å². The van der Waals surface area contributed by atoms with Gasteiger partial charge in [-0.2, -0.15) is 0 Å². The Kier molecular flexibility index (Phi) is 3.70. The van der Waals surface area contributed by atoms with Crippen LogP contribution in [0.15, 0.2) is 29.9 Å². The maximum absolute atomic E-state index is 11.1. The van der Waals surface area contributed by atoms with Gasteiger partial charge in [0.2, 0.25) is 0 Å². The molecule has 0 aromatic carbocycles. The van der Waals surface area contributed by atoms with Crippen LogP contribution in [0.5, 0.6) is 0 Å². The second kappa shape index (κ2) is 5.25. The summed E-state index contributed by atoms with van der Waals surface area (Å²) >= 11 is 0. The maximum atomic E-state index is 11.1. The standard InChI is InChI=1S/C15H19NO2/c1-11-10-14(15(17)18)12(2)16(11)9-8-13-6-4-3-5-7-13/h3-4,6,10H,5,7-9H2,1-2H3,(H,17,18). The quantitative estimate of drug-likeness (QED) is 0.882. The lowest BCUT2D eigenvalue weighted by Gasteiger charge is -2.12. The number of nitrogens with zero attached hydrogens (tertiary/aromatic N) is 1. The summed E-state index contributed by atoms with van der Waals surface area (Å²) in [6.45, 7) is 4.71. The third-order valence-electron chi connectivity index (χ3n) is 3.56. The Bertz CT molecular complexity index is 521. The fraction of sp³-hybridized carbons (Fsp3) is 0.400. The van der Waals surface area contributed by atoms with Gasteiger partial charge in [0, 0.05) is 17.9 Å². The number of aromatic carboxylic acids is 1. The molecule has 0 aliphatic heterocycles. The molecule has 18 heavy (non-hydrogen) atoms. The molecule has 0 saturated carbocycles. The zero-order valence-corrected chi connectivity index (χ0v) is 10.9. The number of carbonyl (C=O) groups is 1. The predicted octanol–water partition coefficient (Wildman–Crippen LogP) is 3.47. The number of hydrogen-bond acceptors (Lipinski definition) is 1. The van der Waals surface area contributed by atoms with Gasteiger partial charge in [-0.05, 0) is 39.2 Å². The van der Waals surface area contributed by atoms with E-state index in [1.807, 2.05) is 13.8 Å². The summed E-state index contributed by atoms with van der Waals surface area (Å²) in [4.78, 5) is 11.1. The van der Waals surface area contributed by atoms with Gasteiger partial charge in [0.15, 0.2) is 0 Å². The number of aryl methyl sites for hydroxylation is 1. The van der Waals surface area contributed by atoms with E-state index in [0.717, 1.165) is 37.2 Å². The van der Waals surface area contributed by atoms with E-state index in [1.165, 1.54) is 5.57 Å². The topological polar surface area (TPSA) is 42.2 Å². The second-order valence-corrected chi connectivity index (χ2v) is 4.78. The van der Waals surface area contributed by atoms with Crippen molar-refractivity contribution < 1.29 is 9.90 Å². The van der Waals surface area contributed by atoms with Crippen molar-refractivity contribution in [2.45, 2.75) is 39.7 Å². The first-order valence-corrected chi connectivity index (χ1v) is 6.34. The monoisotopic (exact) mass is 245 g/mol. The van der Waals surface area contributed by atoms with Gasteiger partial charge in [-0.3, -0.25) is 0 Å². The summed E-state index contributed by atoms with van der Waals surface area (Å²) in [6, 6.07) is 1.76. The van der Waals surface area contributed by atoms with E-state index in [9.17, 15) is 4.79 Å². The second-order valence-electron chi connectivity index (χ2n) is 4.78. The van der Waals surface area contributed by atoms with Crippen LogP contribution in [0.1, 0.15) is 41.0 Å². The summed E-state index contributed by atoms with van der Waals surface area (Å²) in [7, 11) is 0. The van der Waals surface area contributed by atoms with Crippen molar-refractivity contribution >= 4 is 5.97 Å². The minimum absolute atomic E-state index is 0.421. The maximum Gasteiger partial charge on any atom is 0.337 e. The fourth-order valence-corrected chi connectivity index (χ4v) is 2.48. The molecule has 0 atom stereocenters. The molecular weight excluding hydrogens is 226 g/mol. The van der Waals surface area contributed by atoms with Crippen LogP contribution < -0.4 is 0 Å². The number of hydrogen-bond donors (Lipinski definition) is 1. The highest BCUT2D eigenvalue weighted by molar-refractivity contribution is 5.89. The number of carboxylic acid groups (broad SMARTS) is 1. The van der Waals surface area contributed by atoms with Crippen molar-refractivity contribution in [3.63, 3.8) is 0 Å². The summed E-state index contributed by atoms with van der Waals surface area (Å²) in [6.07, 6.45) is 9.71. The van der Waals surface area contributed by atoms with Crippen LogP contribution in [0.2, 0.25) is 0 Å². The molecule has 0 bridgehead atoms. The molecule has 96 valence electrons. The zero-order valence-electron chi connectivity index (χ0n) is 10.9. The molecule has 0 radical (unpaired) electrons. The van der Waals surface area contributed by atoms with Crippen LogP contribution >= 0.6 is 0 Å². The highest BCUT2D eigenvalue weighted by Gasteiger charge is 2.14. The minimum atomic E-state index is -0.839. The lowest BCUT2D eigenvalue weighted by molar-refractivity contribution is 0.0696. The molecule has 1 aromatic heterocycles. The average Bonchev–Trinajstić information content (AvgIpc) is 2.64. The molecule has 3 nitrogen and oxygen atoms in total. The normalized spacial score (nSPS) is 14.7. The molecule has 1 aliphatic carbocycles. The smallest absolute Gasteiger partial charge is 0.337 e. The van der Waals surface area contributed by atoms with E-state index in [0.29, 0.717) is 5.56 Å². The van der Waals surface area contributed by atoms with Gasteiger partial charge >= 0.3 is 5.97 Å². The summed E-state index contributed by atoms with van der Waals surface area (Å²) < 4.78 is 2.10. The molecule has 0 amide bonds. The van der Waals surface area contributed by atoms with Crippen LogP contribution in [-0.4, -0.2) is 15.6 Å². The molecular formula is C15H19NO2. The van der Waals surface area contributed by atoms with Crippen LogP contribution in [0, 0.1) is 13.8 Å². The lowest BCUT2D eigenvalue weighted by atomic mass is 10.0. The van der Waals surface area contributed by atoms with Gasteiger partial charge in [0.05, 0.1) is 5.56 Å². The van der Waals surface area contributed by atoms with Crippen LogP contribution in [0.3, 0.4) is 0 Å². The SMILES string of the molecule is Cc1cc(C(=O)O)c(C)n1CCC1=CC=CCC1. The Morgan fingerprint density at radius 2 is 2.22 bits per heavy atom. The first-order valence-electron chi connectivity index (χ1n) is 6.34. The molecule has 2 rings (SSSR count). The summed E-state index contributed by atoms with van der Waals surface area (Å²) in [5.74, 6) is -0.839. The number of aromatic nitrogens is 1. The number of allylic oxidation sites excluding steroid dienone is 4. The third kappa shape index (κ3) is 2.55. The highest BCUT2D eigenvalue weighted by atomic mass is 16.4. The predicted molar refractivity (Wildman–Crippen MR) is 71.9 cm³/mol. The molecule has 0 unspecified atom stereocenters. The van der Waals surface area contributed by atoms with E-state index in [1.54, 1.807) is 6.07 Å². The van der Waals surface area contributed by atoms with Crippen LogP contribution in [0.4, 0.5) is 0 Å². The van der Waals surface area contributed by atoms with Crippen molar-refractivity contribution in [1.82, 2.24) is 4.57 Å². The Hall–Kier alpha value is -1.77. The molecule has 1 N–H and O–H groups in total. The van der Waals surface area contributed by atoms with Crippen molar-refractivity contribution in [2.75, 3.05) is 0 Å². The van der Waals surface area contributed by atoms with Gasteiger partial charge in [0.1, 0.15) is 0 Å². The van der Waals surface area contributed by atoms with E-state index in [4.69, 9.17) is 5.11 Å². The molecule has 0 fully saturated rings. The van der Waals surface area contributed by atoms with E-state index >= 15 is 0 Å². The number of rotatable bonds is 4. The molecule has 1 aliphatic rings. The van der Waals surface area contributed by atoms with Crippen molar-refractivity contribution in [3.8, 4) is 0 Å². The van der Waals surface area contributed by atoms with Gasteiger partial charge in [-0.1, -0.05) is 23.8 Å². The lowest BCUT2D eigenvalue weighted by Crippen LogP contribution is -2.06. The van der Waals surface area contributed by atoms with Crippen molar-refractivity contribution in [1.29, 1.82) is 0 Å². The molecule has 3 heteroatoms. The Balaban J connectivity index is 2.12. The molecule has 0 saturated heterocycles. The largest absolute Gasteiger partial charge is 0.478 e. The molecule has 1 aromatic rings. The minimum Gasteiger partial charge on any atom is -0.478 e. The van der Waals surface area contributed by atoms with E-state index in [-0.39, 0.29) is 0 Å². The Morgan fingerprint density at radius 1 is 1.44 bits per heavy atom. The molecule has 1 heterocycles. The van der Waals surface area contributed by atoms with Gasteiger partial charge in [-0.15, -0.1) is 0 Å². The first kappa shape index (κ1) is 12.7.